The second-order valence-corrected chi connectivity index (χ2v) is 4.95. The molecule has 0 bridgehead atoms. The predicted molar refractivity (Wildman–Crippen MR) is 75.2 cm³/mol. The summed E-state index contributed by atoms with van der Waals surface area (Å²) in [7, 11) is 1.56. The Morgan fingerprint density at radius 3 is 2.29 bits per heavy atom. The smallest absolute Gasteiger partial charge is 0.405 e. The molecule has 0 saturated heterocycles. The van der Waals surface area contributed by atoms with Crippen LogP contribution in [0.1, 0.15) is 38.8 Å². The molecule has 0 aliphatic rings. The molecule has 1 rings (SSSR count). The number of benzene rings is 1. The van der Waals surface area contributed by atoms with Crippen LogP contribution < -0.4 is 10.1 Å². The summed E-state index contributed by atoms with van der Waals surface area (Å²) < 4.78 is 47.4. The average Bonchev–Trinajstić information content (AvgIpc) is 2.43. The lowest BCUT2D eigenvalue weighted by Crippen LogP contribution is -2.43. The maximum Gasteiger partial charge on any atom is 0.573 e. The van der Waals surface area contributed by atoms with Crippen LogP contribution >= 0.6 is 0 Å². The summed E-state index contributed by atoms with van der Waals surface area (Å²) in [6.45, 7) is 6.29. The Morgan fingerprint density at radius 2 is 1.81 bits per heavy atom. The van der Waals surface area contributed by atoms with Gasteiger partial charge in [-0.05, 0) is 26.0 Å². The molecule has 1 N–H and O–H groups in total. The van der Waals surface area contributed by atoms with E-state index in [0.717, 1.165) is 0 Å². The third-order valence-electron chi connectivity index (χ3n) is 3.64. The van der Waals surface area contributed by atoms with E-state index in [1.807, 2.05) is 20.8 Å². The number of rotatable bonds is 7. The molecule has 1 aromatic rings. The normalized spacial score (nSPS) is 16.3. The lowest BCUT2D eigenvalue weighted by molar-refractivity contribution is -0.275. The Labute approximate surface area is 123 Å². The van der Waals surface area contributed by atoms with E-state index in [-0.39, 0.29) is 5.75 Å². The van der Waals surface area contributed by atoms with Crippen LogP contribution in [0.3, 0.4) is 0 Å². The van der Waals surface area contributed by atoms with Crippen LogP contribution in [0, 0.1) is 0 Å². The zero-order valence-corrected chi connectivity index (χ0v) is 12.8. The summed E-state index contributed by atoms with van der Waals surface area (Å²) in [6, 6.07) is 5.74. The Balaban J connectivity index is 3.26. The maximum absolute atomic E-state index is 12.6. The highest BCUT2D eigenvalue weighted by Gasteiger charge is 2.38. The van der Waals surface area contributed by atoms with Gasteiger partial charge in [-0.25, -0.2) is 0 Å². The van der Waals surface area contributed by atoms with Crippen molar-refractivity contribution in [3.05, 3.63) is 29.8 Å². The van der Waals surface area contributed by atoms with Crippen molar-refractivity contribution < 1.29 is 22.6 Å². The highest BCUT2D eigenvalue weighted by atomic mass is 19.4. The molecule has 2 atom stereocenters. The minimum atomic E-state index is -4.72. The fourth-order valence-electron chi connectivity index (χ4n) is 2.26. The van der Waals surface area contributed by atoms with Crippen LogP contribution in [0.4, 0.5) is 13.2 Å². The van der Waals surface area contributed by atoms with Gasteiger partial charge in [-0.15, -0.1) is 13.2 Å². The summed E-state index contributed by atoms with van der Waals surface area (Å²) >= 11 is 0. The van der Waals surface area contributed by atoms with Gasteiger partial charge in [0.05, 0.1) is 11.6 Å². The summed E-state index contributed by atoms with van der Waals surface area (Å²) in [6.07, 6.45) is -4.08. The Kier molecular flexibility index (Phi) is 6.04. The number of likely N-dealkylation sites (N-methyl/N-ethyl adjacent to an activating group) is 1. The van der Waals surface area contributed by atoms with Gasteiger partial charge in [0.25, 0.3) is 0 Å². The molecular weight excluding hydrogens is 283 g/mol. The number of nitrogens with one attached hydrogen (secondary N) is 1. The number of ether oxygens (including phenoxy) is 2. The van der Waals surface area contributed by atoms with Crippen molar-refractivity contribution in [2.24, 2.45) is 0 Å². The van der Waals surface area contributed by atoms with Crippen LogP contribution in [-0.4, -0.2) is 25.6 Å². The van der Waals surface area contributed by atoms with Crippen LogP contribution in [-0.2, 0) is 4.74 Å². The van der Waals surface area contributed by atoms with E-state index in [0.29, 0.717) is 18.5 Å². The van der Waals surface area contributed by atoms with Crippen molar-refractivity contribution in [1.29, 1.82) is 0 Å². The van der Waals surface area contributed by atoms with Crippen LogP contribution in [0.2, 0.25) is 0 Å². The first-order valence-corrected chi connectivity index (χ1v) is 6.90. The minimum absolute atomic E-state index is 0.201. The van der Waals surface area contributed by atoms with Gasteiger partial charge in [0.15, 0.2) is 0 Å². The van der Waals surface area contributed by atoms with Crippen molar-refractivity contribution in [3.8, 4) is 5.75 Å². The van der Waals surface area contributed by atoms with E-state index in [1.165, 1.54) is 12.1 Å². The van der Waals surface area contributed by atoms with E-state index in [4.69, 9.17) is 4.74 Å². The number of para-hydroxylation sites is 1. The van der Waals surface area contributed by atoms with E-state index in [9.17, 15) is 13.2 Å². The van der Waals surface area contributed by atoms with Crippen molar-refractivity contribution in [2.45, 2.75) is 45.2 Å². The van der Waals surface area contributed by atoms with Gasteiger partial charge in [-0.3, -0.25) is 0 Å². The summed E-state index contributed by atoms with van der Waals surface area (Å²) in [5.74, 6) is -0.201. The predicted octanol–water partition coefficient (Wildman–Crippen LogP) is 4.05. The standard InChI is InChI=1S/C15H22F3NO2/c1-5-14(3,20-4)13(19-6-2)11-9-7-8-10-12(11)21-15(16,17)18/h7-10,13,19H,5-6H2,1-4H3. The molecule has 1 aromatic carbocycles. The van der Waals surface area contributed by atoms with Crippen LogP contribution in [0.25, 0.3) is 0 Å². The lowest BCUT2D eigenvalue weighted by atomic mass is 9.87. The molecule has 0 aliphatic carbocycles. The molecule has 120 valence electrons. The minimum Gasteiger partial charge on any atom is -0.405 e. The molecule has 0 heterocycles. The molecule has 0 radical (unpaired) electrons. The lowest BCUT2D eigenvalue weighted by Gasteiger charge is -2.37. The first-order valence-electron chi connectivity index (χ1n) is 6.90. The quantitative estimate of drug-likeness (QED) is 0.824. The van der Waals surface area contributed by atoms with Gasteiger partial charge in [-0.2, -0.15) is 0 Å². The zero-order valence-electron chi connectivity index (χ0n) is 12.8. The Morgan fingerprint density at radius 1 is 1.19 bits per heavy atom. The molecule has 0 fully saturated rings. The number of methoxy groups -OCH3 is 1. The largest absolute Gasteiger partial charge is 0.573 e. The molecule has 0 aliphatic heterocycles. The number of alkyl halides is 3. The van der Waals surface area contributed by atoms with Gasteiger partial charge in [0, 0.05) is 12.7 Å². The number of halogens is 3. The van der Waals surface area contributed by atoms with Gasteiger partial charge >= 0.3 is 6.36 Å². The van der Waals surface area contributed by atoms with Gasteiger partial charge in [-0.1, -0.05) is 32.0 Å². The van der Waals surface area contributed by atoms with Crippen molar-refractivity contribution in [1.82, 2.24) is 5.32 Å². The second-order valence-electron chi connectivity index (χ2n) is 4.95. The first kappa shape index (κ1) is 17.8. The molecular formula is C15H22F3NO2. The van der Waals surface area contributed by atoms with E-state index < -0.39 is 18.0 Å². The van der Waals surface area contributed by atoms with Crippen molar-refractivity contribution >= 4 is 0 Å². The van der Waals surface area contributed by atoms with Crippen LogP contribution in [0.5, 0.6) is 5.75 Å². The monoisotopic (exact) mass is 305 g/mol. The topological polar surface area (TPSA) is 30.5 Å². The fraction of sp³-hybridized carbons (Fsp3) is 0.600. The third-order valence-corrected chi connectivity index (χ3v) is 3.64. The molecule has 2 unspecified atom stereocenters. The number of hydrogen-bond acceptors (Lipinski definition) is 3. The zero-order chi connectivity index (χ0) is 16.1. The van der Waals surface area contributed by atoms with Crippen molar-refractivity contribution in [2.75, 3.05) is 13.7 Å². The SMILES string of the molecule is CCNC(c1ccccc1OC(F)(F)F)C(C)(CC)OC. The molecule has 0 aromatic heterocycles. The highest BCUT2D eigenvalue weighted by molar-refractivity contribution is 5.37. The molecule has 0 spiro atoms. The summed E-state index contributed by atoms with van der Waals surface area (Å²) in [4.78, 5) is 0. The van der Waals surface area contributed by atoms with Crippen molar-refractivity contribution in [3.63, 3.8) is 0 Å². The fourth-order valence-corrected chi connectivity index (χ4v) is 2.26. The first-order chi connectivity index (χ1) is 9.77. The van der Waals surface area contributed by atoms with Gasteiger partial charge < -0.3 is 14.8 Å². The van der Waals surface area contributed by atoms with Gasteiger partial charge in [0.2, 0.25) is 0 Å². The van der Waals surface area contributed by atoms with E-state index in [2.05, 4.69) is 10.1 Å². The Hall–Kier alpha value is -1.27. The molecule has 21 heavy (non-hydrogen) atoms. The molecule has 0 saturated carbocycles. The molecule has 6 heteroatoms. The van der Waals surface area contributed by atoms with Crippen LogP contribution in [0.15, 0.2) is 24.3 Å². The maximum atomic E-state index is 12.6. The third kappa shape index (κ3) is 4.61. The number of hydrogen-bond donors (Lipinski definition) is 1. The Bertz CT molecular complexity index is 445. The molecule has 0 amide bonds. The van der Waals surface area contributed by atoms with E-state index in [1.54, 1.807) is 19.2 Å². The molecule has 3 nitrogen and oxygen atoms in total. The summed E-state index contributed by atoms with van der Waals surface area (Å²) in [5.41, 5.74) is -0.205. The second kappa shape index (κ2) is 7.13. The average molecular weight is 305 g/mol. The summed E-state index contributed by atoms with van der Waals surface area (Å²) in [5, 5.41) is 3.20. The highest BCUT2D eigenvalue weighted by Crippen LogP contribution is 2.38. The van der Waals surface area contributed by atoms with E-state index >= 15 is 0 Å². The van der Waals surface area contributed by atoms with Gasteiger partial charge in [0.1, 0.15) is 5.75 Å².